The molecule has 0 radical (unpaired) electrons. The van der Waals surface area contributed by atoms with Crippen LogP contribution in [0.4, 0.5) is 11.5 Å². The topological polar surface area (TPSA) is 99.1 Å². The Morgan fingerprint density at radius 3 is 2.88 bits per heavy atom. The number of nitrogens with one attached hydrogen (secondary N) is 1. The van der Waals surface area contributed by atoms with Crippen LogP contribution in [0.5, 0.6) is 5.75 Å². The molecule has 0 amide bonds. The van der Waals surface area contributed by atoms with E-state index in [2.05, 4.69) is 15.3 Å². The first-order valence-corrected chi connectivity index (χ1v) is 5.28. The van der Waals surface area contributed by atoms with E-state index in [1.165, 1.54) is 6.33 Å². The predicted octanol–water partition coefficient (Wildman–Crippen LogP) is 0.591. The summed E-state index contributed by atoms with van der Waals surface area (Å²) in [5.41, 5.74) is 12.9. The molecule has 5 N–H and O–H groups in total. The number of aromatic nitrogens is 2. The predicted molar refractivity (Wildman–Crippen MR) is 68.0 cm³/mol. The maximum atomic E-state index is 5.78. The number of nitrogen functional groups attached to an aromatic ring is 1. The van der Waals surface area contributed by atoms with Gasteiger partial charge in [0, 0.05) is 18.5 Å². The second kappa shape index (κ2) is 4.84. The largest absolute Gasteiger partial charge is 0.495 e. The molecule has 0 spiro atoms. The van der Waals surface area contributed by atoms with Crippen LogP contribution >= 0.6 is 0 Å². The minimum Gasteiger partial charge on any atom is -0.495 e. The van der Waals surface area contributed by atoms with E-state index in [1.54, 1.807) is 7.11 Å². The molecular formula is C11H15N5O. The number of rotatable bonds is 4. The highest BCUT2D eigenvalue weighted by atomic mass is 16.5. The Labute approximate surface area is 99.0 Å². The number of hydrogen-bond donors (Lipinski definition) is 3. The summed E-state index contributed by atoms with van der Waals surface area (Å²) in [6.07, 6.45) is 1.44. The van der Waals surface area contributed by atoms with Crippen LogP contribution in [-0.2, 0) is 0 Å². The maximum absolute atomic E-state index is 5.78. The molecular weight excluding hydrogens is 218 g/mol. The third-order valence-corrected chi connectivity index (χ3v) is 2.45. The van der Waals surface area contributed by atoms with Crippen LogP contribution in [0.25, 0.3) is 10.9 Å². The number of anilines is 2. The fraction of sp³-hybridized carbons (Fsp3) is 0.273. The number of nitrogens with zero attached hydrogens (tertiary/aromatic N) is 2. The smallest absolute Gasteiger partial charge is 0.142 e. The molecule has 0 aliphatic heterocycles. The average molecular weight is 233 g/mol. The van der Waals surface area contributed by atoms with E-state index in [9.17, 15) is 0 Å². The Morgan fingerprint density at radius 1 is 1.35 bits per heavy atom. The number of hydrogen-bond acceptors (Lipinski definition) is 6. The highest BCUT2D eigenvalue weighted by molar-refractivity contribution is 5.92. The average Bonchev–Trinajstić information content (AvgIpc) is 2.36. The van der Waals surface area contributed by atoms with E-state index in [0.717, 1.165) is 16.6 Å². The lowest BCUT2D eigenvalue weighted by molar-refractivity contribution is 0.417. The van der Waals surface area contributed by atoms with Crippen LogP contribution in [0.3, 0.4) is 0 Å². The molecule has 1 aromatic heterocycles. The van der Waals surface area contributed by atoms with Gasteiger partial charge < -0.3 is 21.5 Å². The lowest BCUT2D eigenvalue weighted by Gasteiger charge is -2.12. The maximum Gasteiger partial charge on any atom is 0.142 e. The number of nitrogens with two attached hydrogens (primary N) is 2. The number of ether oxygens (including phenoxy) is 1. The Bertz CT molecular complexity index is 528. The van der Waals surface area contributed by atoms with Gasteiger partial charge in [-0.25, -0.2) is 9.97 Å². The molecule has 0 aliphatic rings. The van der Waals surface area contributed by atoms with E-state index < -0.39 is 0 Å². The number of benzene rings is 1. The van der Waals surface area contributed by atoms with E-state index in [1.807, 2.05) is 12.1 Å². The lowest BCUT2D eigenvalue weighted by atomic mass is 10.2. The summed E-state index contributed by atoms with van der Waals surface area (Å²) in [5, 5.41) is 3.95. The van der Waals surface area contributed by atoms with E-state index in [-0.39, 0.29) is 0 Å². The van der Waals surface area contributed by atoms with Crippen molar-refractivity contribution in [1.82, 2.24) is 9.97 Å². The standard InChI is InChI=1S/C11H15N5O/c1-17-10-4-7-8(15-6-16-11(7)13)5-9(10)14-3-2-12/h4-6,14H,2-3,12H2,1H3,(H2,13,15,16). The fourth-order valence-corrected chi connectivity index (χ4v) is 1.62. The Hall–Kier alpha value is -2.08. The molecule has 6 nitrogen and oxygen atoms in total. The van der Waals surface area contributed by atoms with Crippen LogP contribution in [0, 0.1) is 0 Å². The van der Waals surface area contributed by atoms with Gasteiger partial charge in [-0.3, -0.25) is 0 Å². The Kier molecular flexibility index (Phi) is 3.24. The third-order valence-electron chi connectivity index (χ3n) is 2.45. The molecule has 0 fully saturated rings. The van der Waals surface area contributed by atoms with Crippen molar-refractivity contribution in [3.63, 3.8) is 0 Å². The van der Waals surface area contributed by atoms with Gasteiger partial charge in [-0.2, -0.15) is 0 Å². The van der Waals surface area contributed by atoms with Crippen LogP contribution in [0.1, 0.15) is 0 Å². The molecule has 0 saturated carbocycles. The second-order valence-corrected chi connectivity index (χ2v) is 3.54. The van der Waals surface area contributed by atoms with E-state index in [4.69, 9.17) is 16.2 Å². The first-order chi connectivity index (χ1) is 8.26. The molecule has 1 heterocycles. The molecule has 0 atom stereocenters. The van der Waals surface area contributed by atoms with Crippen LogP contribution in [-0.4, -0.2) is 30.2 Å². The van der Waals surface area contributed by atoms with Gasteiger partial charge in [-0.15, -0.1) is 0 Å². The molecule has 2 rings (SSSR count). The quantitative estimate of drug-likeness (QED) is 0.714. The van der Waals surface area contributed by atoms with Crippen molar-refractivity contribution in [2.24, 2.45) is 5.73 Å². The van der Waals surface area contributed by atoms with Crippen LogP contribution < -0.4 is 21.5 Å². The van der Waals surface area contributed by atoms with Gasteiger partial charge in [0.25, 0.3) is 0 Å². The van der Waals surface area contributed by atoms with Gasteiger partial charge in [-0.1, -0.05) is 0 Å². The minimum atomic E-state index is 0.443. The summed E-state index contributed by atoms with van der Waals surface area (Å²) in [4.78, 5) is 8.11. The van der Waals surface area contributed by atoms with Crippen molar-refractivity contribution in [1.29, 1.82) is 0 Å². The van der Waals surface area contributed by atoms with Gasteiger partial charge in [0.2, 0.25) is 0 Å². The van der Waals surface area contributed by atoms with E-state index >= 15 is 0 Å². The molecule has 0 aliphatic carbocycles. The van der Waals surface area contributed by atoms with Crippen molar-refractivity contribution in [2.75, 3.05) is 31.2 Å². The van der Waals surface area contributed by atoms with Gasteiger partial charge >= 0.3 is 0 Å². The molecule has 0 saturated heterocycles. The van der Waals surface area contributed by atoms with Crippen molar-refractivity contribution >= 4 is 22.4 Å². The monoisotopic (exact) mass is 233 g/mol. The summed E-state index contributed by atoms with van der Waals surface area (Å²) >= 11 is 0. The summed E-state index contributed by atoms with van der Waals surface area (Å²) in [6, 6.07) is 3.70. The van der Waals surface area contributed by atoms with Crippen LogP contribution in [0.2, 0.25) is 0 Å². The first-order valence-electron chi connectivity index (χ1n) is 5.28. The van der Waals surface area contributed by atoms with Crippen molar-refractivity contribution in [3.05, 3.63) is 18.5 Å². The zero-order valence-electron chi connectivity index (χ0n) is 9.60. The molecule has 6 heteroatoms. The first kappa shape index (κ1) is 11.4. The molecule has 0 unspecified atom stereocenters. The van der Waals surface area contributed by atoms with E-state index in [0.29, 0.717) is 24.7 Å². The van der Waals surface area contributed by atoms with Crippen LogP contribution in [0.15, 0.2) is 18.5 Å². The van der Waals surface area contributed by atoms with Gasteiger partial charge in [0.15, 0.2) is 0 Å². The minimum absolute atomic E-state index is 0.443. The Morgan fingerprint density at radius 2 is 2.18 bits per heavy atom. The lowest BCUT2D eigenvalue weighted by Crippen LogP contribution is -2.13. The van der Waals surface area contributed by atoms with Gasteiger partial charge in [0.05, 0.1) is 18.3 Å². The van der Waals surface area contributed by atoms with Crippen molar-refractivity contribution in [2.45, 2.75) is 0 Å². The molecule has 17 heavy (non-hydrogen) atoms. The molecule has 2 aromatic rings. The Balaban J connectivity index is 2.52. The van der Waals surface area contributed by atoms with Gasteiger partial charge in [0.1, 0.15) is 17.9 Å². The number of fused-ring (bicyclic) bond motifs is 1. The summed E-state index contributed by atoms with van der Waals surface area (Å²) in [5.74, 6) is 1.14. The highest BCUT2D eigenvalue weighted by Gasteiger charge is 2.08. The normalized spacial score (nSPS) is 10.5. The zero-order chi connectivity index (χ0) is 12.3. The van der Waals surface area contributed by atoms with Gasteiger partial charge in [-0.05, 0) is 12.1 Å². The highest BCUT2D eigenvalue weighted by Crippen LogP contribution is 2.30. The second-order valence-electron chi connectivity index (χ2n) is 3.54. The fourth-order valence-electron chi connectivity index (χ4n) is 1.62. The molecule has 90 valence electrons. The summed E-state index contributed by atoms with van der Waals surface area (Å²) in [7, 11) is 1.61. The SMILES string of the molecule is COc1cc2c(N)ncnc2cc1NCCN. The van der Waals surface area contributed by atoms with Crippen molar-refractivity contribution in [3.8, 4) is 5.75 Å². The summed E-state index contributed by atoms with van der Waals surface area (Å²) in [6.45, 7) is 1.22. The zero-order valence-corrected chi connectivity index (χ0v) is 9.60. The molecule has 1 aromatic carbocycles. The third kappa shape index (κ3) is 2.21. The summed E-state index contributed by atoms with van der Waals surface area (Å²) < 4.78 is 5.29. The number of methoxy groups -OCH3 is 1. The molecule has 0 bridgehead atoms. The van der Waals surface area contributed by atoms with Crippen molar-refractivity contribution < 1.29 is 4.74 Å².